The first-order valence-electron chi connectivity index (χ1n) is 7.51. The van der Waals surface area contributed by atoms with Crippen molar-refractivity contribution in [3.63, 3.8) is 0 Å². The predicted molar refractivity (Wildman–Crippen MR) is 98.9 cm³/mol. The Morgan fingerprint density at radius 2 is 1.88 bits per heavy atom. The zero-order valence-electron chi connectivity index (χ0n) is 13.8. The number of para-hydroxylation sites is 2. The largest absolute Gasteiger partial charge is 0.495 e. The van der Waals surface area contributed by atoms with Crippen molar-refractivity contribution in [3.05, 3.63) is 54.1 Å². The molecule has 0 aliphatic heterocycles. The van der Waals surface area contributed by atoms with Crippen LogP contribution in [0.2, 0.25) is 0 Å². The van der Waals surface area contributed by atoms with Crippen LogP contribution in [0.4, 0.5) is 5.69 Å². The smallest absolute Gasteiger partial charge is 0.257 e. The molecule has 1 amide bonds. The minimum atomic E-state index is -0.309. The number of anilines is 1. The van der Waals surface area contributed by atoms with E-state index in [-0.39, 0.29) is 17.1 Å². The third kappa shape index (κ3) is 4.96. The van der Waals surface area contributed by atoms with Gasteiger partial charge in [-0.1, -0.05) is 18.2 Å². The lowest BCUT2D eigenvalue weighted by Crippen LogP contribution is -2.34. The topological polar surface area (TPSA) is 59.6 Å². The molecule has 0 spiro atoms. The molecule has 2 aromatic rings. The second kappa shape index (κ2) is 8.31. The molecular weight excluding hydrogens is 324 g/mol. The van der Waals surface area contributed by atoms with Gasteiger partial charge in [0.15, 0.2) is 5.11 Å². The molecule has 0 bridgehead atoms. The van der Waals surface area contributed by atoms with Crippen molar-refractivity contribution >= 4 is 28.9 Å². The van der Waals surface area contributed by atoms with Gasteiger partial charge in [0.05, 0.1) is 18.9 Å². The molecule has 2 aromatic carbocycles. The lowest BCUT2D eigenvalue weighted by molar-refractivity contribution is 0.0977. The van der Waals surface area contributed by atoms with Gasteiger partial charge in [-0.2, -0.15) is 0 Å². The molecule has 5 nitrogen and oxygen atoms in total. The highest BCUT2D eigenvalue weighted by Gasteiger charge is 2.11. The maximum absolute atomic E-state index is 12.3. The van der Waals surface area contributed by atoms with Crippen molar-refractivity contribution in [1.29, 1.82) is 0 Å². The Kier molecular flexibility index (Phi) is 6.14. The van der Waals surface area contributed by atoms with Crippen LogP contribution in [0.3, 0.4) is 0 Å². The molecule has 2 N–H and O–H groups in total. The average Bonchev–Trinajstić information content (AvgIpc) is 2.55. The van der Waals surface area contributed by atoms with Gasteiger partial charge in [0, 0.05) is 5.56 Å². The number of nitrogens with one attached hydrogen (secondary N) is 2. The van der Waals surface area contributed by atoms with Crippen molar-refractivity contribution in [2.24, 2.45) is 0 Å². The molecule has 0 saturated carbocycles. The molecule has 126 valence electrons. The maximum atomic E-state index is 12.3. The Balaban J connectivity index is 2.02. The van der Waals surface area contributed by atoms with Gasteiger partial charge in [0.25, 0.3) is 5.91 Å². The Bertz CT molecular complexity index is 732. The van der Waals surface area contributed by atoms with Gasteiger partial charge in [-0.05, 0) is 56.4 Å². The molecule has 0 atom stereocenters. The van der Waals surface area contributed by atoms with Gasteiger partial charge in [0.2, 0.25) is 0 Å². The summed E-state index contributed by atoms with van der Waals surface area (Å²) in [5.41, 5.74) is 1.15. The molecule has 0 aromatic heterocycles. The Morgan fingerprint density at radius 3 is 2.58 bits per heavy atom. The second-order valence-electron chi connectivity index (χ2n) is 5.30. The van der Waals surface area contributed by atoms with Gasteiger partial charge in [0.1, 0.15) is 11.5 Å². The minimum absolute atomic E-state index is 0.0385. The van der Waals surface area contributed by atoms with Crippen LogP contribution < -0.4 is 20.1 Å². The molecule has 0 heterocycles. The van der Waals surface area contributed by atoms with E-state index in [9.17, 15) is 4.79 Å². The number of carbonyl (C=O) groups excluding carboxylic acids is 1. The predicted octanol–water partition coefficient (Wildman–Crippen LogP) is 3.61. The van der Waals surface area contributed by atoms with E-state index in [0.29, 0.717) is 22.7 Å². The molecule has 0 fully saturated rings. The van der Waals surface area contributed by atoms with E-state index >= 15 is 0 Å². The number of carbonyl (C=O) groups is 1. The van der Waals surface area contributed by atoms with Crippen molar-refractivity contribution in [3.8, 4) is 11.5 Å². The Morgan fingerprint density at radius 1 is 1.12 bits per heavy atom. The fourth-order valence-electron chi connectivity index (χ4n) is 2.06. The number of benzene rings is 2. The summed E-state index contributed by atoms with van der Waals surface area (Å²) in [4.78, 5) is 12.3. The minimum Gasteiger partial charge on any atom is -0.495 e. The molecule has 0 aliphatic rings. The highest BCUT2D eigenvalue weighted by atomic mass is 32.1. The number of amides is 1. The SMILES string of the molecule is COc1ccccc1NC(=S)NC(=O)c1cccc(OC(C)C)c1. The molecule has 0 radical (unpaired) electrons. The second-order valence-corrected chi connectivity index (χ2v) is 5.71. The van der Waals surface area contributed by atoms with Crippen molar-refractivity contribution in [1.82, 2.24) is 5.32 Å². The molecule has 0 saturated heterocycles. The highest BCUT2D eigenvalue weighted by molar-refractivity contribution is 7.80. The third-order valence-corrected chi connectivity index (χ3v) is 3.25. The Hall–Kier alpha value is -2.60. The van der Waals surface area contributed by atoms with E-state index in [0.717, 1.165) is 0 Å². The fourth-order valence-corrected chi connectivity index (χ4v) is 2.26. The molecule has 2 rings (SSSR count). The third-order valence-electron chi connectivity index (χ3n) is 3.05. The number of rotatable bonds is 5. The van der Waals surface area contributed by atoms with Crippen LogP contribution in [0.15, 0.2) is 48.5 Å². The van der Waals surface area contributed by atoms with E-state index in [1.54, 1.807) is 31.4 Å². The van der Waals surface area contributed by atoms with Crippen LogP contribution in [0.1, 0.15) is 24.2 Å². The van der Waals surface area contributed by atoms with E-state index < -0.39 is 0 Å². The number of thiocarbonyl (C=S) groups is 1. The zero-order valence-corrected chi connectivity index (χ0v) is 14.6. The zero-order chi connectivity index (χ0) is 17.5. The summed E-state index contributed by atoms with van der Waals surface area (Å²) in [6.07, 6.45) is 0.0385. The Labute approximate surface area is 147 Å². The summed E-state index contributed by atoms with van der Waals surface area (Å²) in [6, 6.07) is 14.3. The molecule has 24 heavy (non-hydrogen) atoms. The maximum Gasteiger partial charge on any atom is 0.257 e. The number of hydrogen-bond donors (Lipinski definition) is 2. The summed E-state index contributed by atoms with van der Waals surface area (Å²) in [7, 11) is 1.57. The van der Waals surface area contributed by atoms with Crippen LogP contribution in [0.5, 0.6) is 11.5 Å². The quantitative estimate of drug-likeness (QED) is 0.812. The van der Waals surface area contributed by atoms with Gasteiger partial charge in [-0.25, -0.2) is 0 Å². The van der Waals surface area contributed by atoms with Crippen LogP contribution in [0, 0.1) is 0 Å². The van der Waals surface area contributed by atoms with E-state index in [4.69, 9.17) is 21.7 Å². The summed E-state index contributed by atoms with van der Waals surface area (Å²) < 4.78 is 10.8. The molecule has 0 aliphatic carbocycles. The first kappa shape index (κ1) is 17.7. The molecule has 6 heteroatoms. The van der Waals surface area contributed by atoms with E-state index in [2.05, 4.69) is 10.6 Å². The van der Waals surface area contributed by atoms with Crippen molar-refractivity contribution < 1.29 is 14.3 Å². The summed E-state index contributed by atoms with van der Waals surface area (Å²) in [6.45, 7) is 3.86. The highest BCUT2D eigenvalue weighted by Crippen LogP contribution is 2.22. The van der Waals surface area contributed by atoms with Gasteiger partial charge >= 0.3 is 0 Å². The summed E-state index contributed by atoms with van der Waals surface area (Å²) in [5, 5.41) is 5.79. The van der Waals surface area contributed by atoms with Crippen LogP contribution >= 0.6 is 12.2 Å². The van der Waals surface area contributed by atoms with Crippen molar-refractivity contribution in [2.75, 3.05) is 12.4 Å². The van der Waals surface area contributed by atoms with Crippen molar-refractivity contribution in [2.45, 2.75) is 20.0 Å². The van der Waals surface area contributed by atoms with Gasteiger partial charge < -0.3 is 14.8 Å². The fraction of sp³-hybridized carbons (Fsp3) is 0.222. The average molecular weight is 344 g/mol. The van der Waals surface area contributed by atoms with E-state index in [1.807, 2.05) is 38.1 Å². The van der Waals surface area contributed by atoms with Crippen LogP contribution in [-0.4, -0.2) is 24.2 Å². The number of hydrogen-bond acceptors (Lipinski definition) is 4. The van der Waals surface area contributed by atoms with Gasteiger partial charge in [-0.15, -0.1) is 0 Å². The first-order chi connectivity index (χ1) is 11.5. The number of ether oxygens (including phenoxy) is 2. The molecular formula is C18H20N2O3S. The lowest BCUT2D eigenvalue weighted by atomic mass is 10.2. The van der Waals surface area contributed by atoms with Gasteiger partial charge in [-0.3, -0.25) is 10.1 Å². The summed E-state index contributed by atoms with van der Waals surface area (Å²) >= 11 is 5.19. The normalized spacial score (nSPS) is 10.2. The lowest BCUT2D eigenvalue weighted by Gasteiger charge is -2.13. The molecule has 0 unspecified atom stereocenters. The first-order valence-corrected chi connectivity index (χ1v) is 7.92. The standard InChI is InChI=1S/C18H20N2O3S/c1-12(2)23-14-8-6-7-13(11-14)17(21)20-18(24)19-15-9-4-5-10-16(15)22-3/h4-12H,1-3H3,(H2,19,20,21,24). The van der Waals surface area contributed by atoms with Crippen LogP contribution in [0.25, 0.3) is 0 Å². The summed E-state index contributed by atoms with van der Waals surface area (Å²) in [5.74, 6) is 0.972. The monoisotopic (exact) mass is 344 g/mol. The number of methoxy groups -OCH3 is 1. The van der Waals surface area contributed by atoms with E-state index in [1.165, 1.54) is 0 Å². The van der Waals surface area contributed by atoms with Crippen LogP contribution in [-0.2, 0) is 0 Å².